The molecule has 1 N–H and O–H groups in total. The number of halogens is 2. The molecule has 2 heterocycles. The van der Waals surface area contributed by atoms with E-state index in [1.807, 2.05) is 24.5 Å². The molecule has 4 rings (SSSR count). The van der Waals surface area contributed by atoms with E-state index < -0.39 is 0 Å². The second-order valence-electron chi connectivity index (χ2n) is 5.60. The lowest BCUT2D eigenvalue weighted by atomic mass is 9.77. The van der Waals surface area contributed by atoms with Crippen molar-refractivity contribution in [1.29, 1.82) is 0 Å². The summed E-state index contributed by atoms with van der Waals surface area (Å²) in [5, 5.41) is 5.05. The molecule has 1 aromatic carbocycles. The highest BCUT2D eigenvalue weighted by Gasteiger charge is 2.39. The number of pyridine rings is 1. The molecule has 106 valence electrons. The Morgan fingerprint density at radius 3 is 2.76 bits per heavy atom. The molecule has 1 aliphatic heterocycles. The first kappa shape index (κ1) is 13.2. The number of nitrogens with zero attached hydrogens (tertiary/aromatic N) is 1. The predicted molar refractivity (Wildman–Crippen MR) is 87.1 cm³/mol. The van der Waals surface area contributed by atoms with Gasteiger partial charge >= 0.3 is 0 Å². The van der Waals surface area contributed by atoms with Gasteiger partial charge in [-0.15, -0.1) is 0 Å². The Morgan fingerprint density at radius 2 is 1.95 bits per heavy atom. The zero-order valence-corrected chi connectivity index (χ0v) is 12.8. The topological polar surface area (TPSA) is 24.9 Å². The summed E-state index contributed by atoms with van der Waals surface area (Å²) >= 11 is 12.6. The second-order valence-corrected chi connectivity index (χ2v) is 6.45. The van der Waals surface area contributed by atoms with Crippen molar-refractivity contribution < 1.29 is 0 Å². The first-order chi connectivity index (χ1) is 10.2. The summed E-state index contributed by atoms with van der Waals surface area (Å²) in [7, 11) is 0. The van der Waals surface area contributed by atoms with E-state index in [0.29, 0.717) is 16.9 Å². The summed E-state index contributed by atoms with van der Waals surface area (Å²) in [6.45, 7) is 0. The molecular formula is C17H14Cl2N2. The molecule has 0 amide bonds. The van der Waals surface area contributed by atoms with Gasteiger partial charge in [-0.05, 0) is 42.2 Å². The van der Waals surface area contributed by atoms with E-state index in [4.69, 9.17) is 23.2 Å². The number of benzene rings is 1. The summed E-state index contributed by atoms with van der Waals surface area (Å²) in [6.07, 6.45) is 9.27. The molecule has 0 spiro atoms. The lowest BCUT2D eigenvalue weighted by molar-refractivity contribution is 0.425. The van der Waals surface area contributed by atoms with Crippen LogP contribution in [0, 0.1) is 5.92 Å². The largest absolute Gasteiger partial charge is 0.378 e. The number of aromatic nitrogens is 1. The maximum atomic E-state index is 6.44. The van der Waals surface area contributed by atoms with Crippen LogP contribution in [0.5, 0.6) is 0 Å². The van der Waals surface area contributed by atoms with Gasteiger partial charge in [0.25, 0.3) is 0 Å². The van der Waals surface area contributed by atoms with Crippen molar-refractivity contribution in [2.75, 3.05) is 5.32 Å². The second kappa shape index (κ2) is 5.04. The third-order valence-corrected chi connectivity index (χ3v) is 4.98. The molecule has 0 saturated heterocycles. The maximum Gasteiger partial charge on any atom is 0.0555 e. The molecule has 0 bridgehead atoms. The molecular weight excluding hydrogens is 303 g/mol. The molecule has 4 heteroatoms. The Bertz CT molecular complexity index is 712. The molecule has 0 unspecified atom stereocenters. The zero-order valence-electron chi connectivity index (χ0n) is 11.3. The lowest BCUT2D eigenvalue weighted by Gasteiger charge is -2.38. The van der Waals surface area contributed by atoms with Gasteiger partial charge in [-0.1, -0.05) is 35.4 Å². The summed E-state index contributed by atoms with van der Waals surface area (Å²) in [5.74, 6) is 0.836. The van der Waals surface area contributed by atoms with E-state index in [1.54, 1.807) is 0 Å². The fourth-order valence-electron chi connectivity index (χ4n) is 3.54. The van der Waals surface area contributed by atoms with E-state index in [0.717, 1.165) is 17.1 Å². The van der Waals surface area contributed by atoms with Crippen LogP contribution in [0.1, 0.15) is 29.5 Å². The van der Waals surface area contributed by atoms with E-state index in [-0.39, 0.29) is 6.04 Å². The molecule has 21 heavy (non-hydrogen) atoms. The number of fused-ring (bicyclic) bond motifs is 3. The molecule has 1 aromatic heterocycles. The summed E-state index contributed by atoms with van der Waals surface area (Å²) in [4.78, 5) is 4.11. The number of hydrogen-bond donors (Lipinski definition) is 1. The van der Waals surface area contributed by atoms with Gasteiger partial charge in [-0.3, -0.25) is 4.98 Å². The number of nitrogens with one attached hydrogen (secondary N) is 1. The first-order valence-electron chi connectivity index (χ1n) is 7.06. The van der Waals surface area contributed by atoms with Crippen molar-refractivity contribution in [2.45, 2.75) is 18.4 Å². The summed E-state index contributed by atoms with van der Waals surface area (Å²) in [5.41, 5.74) is 3.47. The van der Waals surface area contributed by atoms with Crippen LogP contribution >= 0.6 is 23.2 Å². The van der Waals surface area contributed by atoms with E-state index in [1.165, 1.54) is 11.1 Å². The van der Waals surface area contributed by atoms with Crippen molar-refractivity contribution in [2.24, 2.45) is 5.92 Å². The Labute approximate surface area is 133 Å². The van der Waals surface area contributed by atoms with E-state index >= 15 is 0 Å². The molecule has 2 aliphatic rings. The molecule has 0 saturated carbocycles. The number of rotatable bonds is 1. The number of hydrogen-bond acceptors (Lipinski definition) is 2. The fourth-order valence-corrected chi connectivity index (χ4v) is 4.16. The minimum atomic E-state index is 0.259. The third-order valence-electron chi connectivity index (χ3n) is 4.44. The van der Waals surface area contributed by atoms with Gasteiger partial charge in [0.15, 0.2) is 0 Å². The van der Waals surface area contributed by atoms with Gasteiger partial charge in [0, 0.05) is 39.6 Å². The SMILES string of the molecule is Clc1cc(Cl)c2c(c1)N[C@H](c1ccncc1)[C@H]1CC=C[C@@H]21. The molecule has 1 aliphatic carbocycles. The van der Waals surface area contributed by atoms with Crippen LogP contribution in [0.25, 0.3) is 0 Å². The van der Waals surface area contributed by atoms with Crippen LogP contribution in [-0.2, 0) is 0 Å². The summed E-state index contributed by atoms with van der Waals surface area (Å²) < 4.78 is 0. The Morgan fingerprint density at radius 1 is 1.14 bits per heavy atom. The molecule has 2 nitrogen and oxygen atoms in total. The quantitative estimate of drug-likeness (QED) is 0.730. The Kier molecular flexibility index (Phi) is 3.16. The highest BCUT2D eigenvalue weighted by atomic mass is 35.5. The van der Waals surface area contributed by atoms with Crippen LogP contribution in [0.15, 0.2) is 48.8 Å². The van der Waals surface area contributed by atoms with Gasteiger partial charge in [-0.25, -0.2) is 0 Å². The monoisotopic (exact) mass is 316 g/mol. The van der Waals surface area contributed by atoms with E-state index in [2.05, 4.69) is 34.6 Å². The number of allylic oxidation sites excluding steroid dienone is 2. The van der Waals surface area contributed by atoms with Crippen LogP contribution < -0.4 is 5.32 Å². The van der Waals surface area contributed by atoms with Gasteiger partial charge in [0.05, 0.1) is 6.04 Å². The van der Waals surface area contributed by atoms with Gasteiger partial charge < -0.3 is 5.32 Å². The minimum absolute atomic E-state index is 0.259. The lowest BCUT2D eigenvalue weighted by Crippen LogP contribution is -2.29. The Hall–Kier alpha value is -1.51. The number of anilines is 1. The summed E-state index contributed by atoms with van der Waals surface area (Å²) in [6, 6.07) is 8.21. The van der Waals surface area contributed by atoms with Crippen molar-refractivity contribution in [3.05, 3.63) is 70.0 Å². The average Bonchev–Trinajstić information content (AvgIpc) is 2.95. The third kappa shape index (κ3) is 2.14. The first-order valence-corrected chi connectivity index (χ1v) is 7.81. The maximum absolute atomic E-state index is 6.44. The van der Waals surface area contributed by atoms with Crippen LogP contribution in [-0.4, -0.2) is 4.98 Å². The highest BCUT2D eigenvalue weighted by Crippen LogP contribution is 2.52. The molecule has 0 radical (unpaired) electrons. The van der Waals surface area contributed by atoms with Crippen molar-refractivity contribution in [3.63, 3.8) is 0 Å². The van der Waals surface area contributed by atoms with Gasteiger partial charge in [0.1, 0.15) is 0 Å². The minimum Gasteiger partial charge on any atom is -0.378 e. The van der Waals surface area contributed by atoms with Crippen molar-refractivity contribution in [1.82, 2.24) is 4.98 Å². The Balaban J connectivity index is 1.84. The molecule has 0 fully saturated rings. The fraction of sp³-hybridized carbons (Fsp3) is 0.235. The normalized spacial score (nSPS) is 26.1. The predicted octanol–water partition coefficient (Wildman–Crippen LogP) is 5.21. The van der Waals surface area contributed by atoms with Crippen LogP contribution in [0.3, 0.4) is 0 Å². The smallest absolute Gasteiger partial charge is 0.0555 e. The average molecular weight is 317 g/mol. The standard InChI is InChI=1S/C17H14Cl2N2/c18-11-8-14(19)16-12-2-1-3-13(12)17(21-15(16)9-11)10-4-6-20-7-5-10/h1-2,4-9,12-13,17,21H,3H2/t12-,13+,17-/m1/s1. The molecule has 3 atom stereocenters. The van der Waals surface area contributed by atoms with Gasteiger partial charge in [-0.2, -0.15) is 0 Å². The van der Waals surface area contributed by atoms with Crippen LogP contribution in [0.4, 0.5) is 5.69 Å². The van der Waals surface area contributed by atoms with Crippen molar-refractivity contribution >= 4 is 28.9 Å². The van der Waals surface area contributed by atoms with Gasteiger partial charge in [0.2, 0.25) is 0 Å². The van der Waals surface area contributed by atoms with Crippen LogP contribution in [0.2, 0.25) is 10.0 Å². The molecule has 2 aromatic rings. The van der Waals surface area contributed by atoms with E-state index in [9.17, 15) is 0 Å². The highest BCUT2D eigenvalue weighted by molar-refractivity contribution is 6.35. The zero-order chi connectivity index (χ0) is 14.4. The van der Waals surface area contributed by atoms with Crippen molar-refractivity contribution in [3.8, 4) is 0 Å².